The number of ether oxygens (including phenoxy) is 2. The van der Waals surface area contributed by atoms with Gasteiger partial charge in [0, 0.05) is 36.2 Å². The van der Waals surface area contributed by atoms with Gasteiger partial charge >= 0.3 is 0 Å². The minimum Gasteiger partial charge on any atom is -0.493 e. The van der Waals surface area contributed by atoms with Gasteiger partial charge in [0.15, 0.2) is 11.5 Å². The van der Waals surface area contributed by atoms with Gasteiger partial charge in [-0.25, -0.2) is 0 Å². The van der Waals surface area contributed by atoms with E-state index in [4.69, 9.17) is 9.47 Å². The van der Waals surface area contributed by atoms with Gasteiger partial charge in [-0.3, -0.25) is 9.59 Å². The van der Waals surface area contributed by atoms with Crippen molar-refractivity contribution in [3.63, 3.8) is 0 Å². The highest BCUT2D eigenvalue weighted by Gasteiger charge is 2.24. The third-order valence-corrected chi connectivity index (χ3v) is 6.41. The normalized spacial score (nSPS) is 13.8. The fraction of sp³-hybridized carbons (Fsp3) is 0.391. The number of benzene rings is 2. The van der Waals surface area contributed by atoms with Gasteiger partial charge in [-0.2, -0.15) is 0 Å². The zero-order chi connectivity index (χ0) is 21.5. The molecular formula is C23H27IN2O4. The molecule has 1 heterocycles. The minimum atomic E-state index is 0.0631. The van der Waals surface area contributed by atoms with E-state index >= 15 is 0 Å². The number of hydrogen-bond acceptors (Lipinski definition) is 4. The van der Waals surface area contributed by atoms with Crippen LogP contribution in [0.1, 0.15) is 17.5 Å². The molecular weight excluding hydrogens is 495 g/mol. The molecule has 0 unspecified atom stereocenters. The van der Waals surface area contributed by atoms with E-state index in [1.807, 2.05) is 40.1 Å². The van der Waals surface area contributed by atoms with Crippen LogP contribution < -0.4 is 9.47 Å². The molecule has 0 atom stereocenters. The first kappa shape index (κ1) is 22.4. The molecule has 0 saturated carbocycles. The second kappa shape index (κ2) is 10.7. The molecule has 0 bridgehead atoms. The number of aryl methyl sites for hydroxylation is 1. The highest BCUT2D eigenvalue weighted by molar-refractivity contribution is 14.1. The van der Waals surface area contributed by atoms with Gasteiger partial charge in [-0.15, -0.1) is 0 Å². The molecule has 3 rings (SSSR count). The Morgan fingerprint density at radius 3 is 2.17 bits per heavy atom. The summed E-state index contributed by atoms with van der Waals surface area (Å²) < 4.78 is 11.7. The number of carbonyl (C=O) groups is 2. The lowest BCUT2D eigenvalue weighted by Gasteiger charge is -2.35. The largest absolute Gasteiger partial charge is 0.493 e. The number of methoxy groups -OCH3 is 2. The van der Waals surface area contributed by atoms with Crippen molar-refractivity contribution >= 4 is 34.4 Å². The van der Waals surface area contributed by atoms with Crippen LogP contribution in [0.15, 0.2) is 42.5 Å². The maximum atomic E-state index is 12.7. The molecule has 1 saturated heterocycles. The third kappa shape index (κ3) is 5.65. The van der Waals surface area contributed by atoms with E-state index in [2.05, 4.69) is 34.7 Å². The number of carbonyl (C=O) groups excluding carboxylic acids is 2. The SMILES string of the molecule is COc1ccc(CC(=O)N2CCN(C(=O)CCc3ccccc3I)CC2)cc1OC. The molecule has 0 radical (unpaired) electrons. The molecule has 0 aliphatic carbocycles. The maximum Gasteiger partial charge on any atom is 0.227 e. The minimum absolute atomic E-state index is 0.0631. The van der Waals surface area contributed by atoms with Crippen molar-refractivity contribution in [1.82, 2.24) is 9.80 Å². The van der Waals surface area contributed by atoms with Crippen molar-refractivity contribution in [2.75, 3.05) is 40.4 Å². The number of rotatable bonds is 7. The van der Waals surface area contributed by atoms with Crippen LogP contribution in [-0.4, -0.2) is 62.0 Å². The first-order chi connectivity index (χ1) is 14.5. The Labute approximate surface area is 191 Å². The van der Waals surface area contributed by atoms with E-state index in [-0.39, 0.29) is 11.8 Å². The van der Waals surface area contributed by atoms with Crippen LogP contribution in [0.4, 0.5) is 0 Å². The number of amides is 2. The highest BCUT2D eigenvalue weighted by atomic mass is 127. The zero-order valence-corrected chi connectivity index (χ0v) is 19.6. The number of hydrogen-bond donors (Lipinski definition) is 0. The van der Waals surface area contributed by atoms with E-state index in [1.54, 1.807) is 14.2 Å². The fourth-order valence-corrected chi connectivity index (χ4v) is 4.24. The quantitative estimate of drug-likeness (QED) is 0.525. The van der Waals surface area contributed by atoms with Gasteiger partial charge in [0.1, 0.15) is 0 Å². The van der Waals surface area contributed by atoms with E-state index in [0.29, 0.717) is 50.5 Å². The summed E-state index contributed by atoms with van der Waals surface area (Å²) in [5.41, 5.74) is 2.09. The molecule has 160 valence electrons. The molecule has 0 aromatic heterocycles. The van der Waals surface area contributed by atoms with Crippen LogP contribution in [0.3, 0.4) is 0 Å². The van der Waals surface area contributed by atoms with Gasteiger partial charge in [-0.05, 0) is 58.3 Å². The monoisotopic (exact) mass is 522 g/mol. The van der Waals surface area contributed by atoms with E-state index in [0.717, 1.165) is 12.0 Å². The van der Waals surface area contributed by atoms with Crippen molar-refractivity contribution in [3.8, 4) is 11.5 Å². The van der Waals surface area contributed by atoms with Crippen LogP contribution >= 0.6 is 22.6 Å². The standard InChI is InChI=1S/C23H27IN2O4/c1-29-20-9-7-17(15-21(20)30-2)16-23(28)26-13-11-25(12-14-26)22(27)10-8-18-5-3-4-6-19(18)24/h3-7,9,15H,8,10-14,16H2,1-2H3. The van der Waals surface area contributed by atoms with E-state index < -0.39 is 0 Å². The van der Waals surface area contributed by atoms with Gasteiger partial charge in [-0.1, -0.05) is 24.3 Å². The Morgan fingerprint density at radius 1 is 0.900 bits per heavy atom. The third-order valence-electron chi connectivity index (χ3n) is 5.35. The summed E-state index contributed by atoms with van der Waals surface area (Å²) >= 11 is 2.30. The molecule has 0 spiro atoms. The lowest BCUT2D eigenvalue weighted by atomic mass is 10.1. The molecule has 2 aromatic carbocycles. The second-order valence-corrected chi connectivity index (χ2v) is 8.38. The molecule has 0 N–H and O–H groups in total. The molecule has 2 aromatic rings. The van der Waals surface area contributed by atoms with Crippen molar-refractivity contribution in [3.05, 3.63) is 57.2 Å². The van der Waals surface area contributed by atoms with Gasteiger partial charge in [0.05, 0.1) is 20.6 Å². The Hall–Kier alpha value is -2.29. The second-order valence-electron chi connectivity index (χ2n) is 7.22. The summed E-state index contributed by atoms with van der Waals surface area (Å²) in [4.78, 5) is 29.0. The van der Waals surface area contributed by atoms with Crippen LogP contribution in [0, 0.1) is 3.57 Å². The van der Waals surface area contributed by atoms with Crippen molar-refractivity contribution in [1.29, 1.82) is 0 Å². The van der Waals surface area contributed by atoms with Crippen LogP contribution in [0.5, 0.6) is 11.5 Å². The highest BCUT2D eigenvalue weighted by Crippen LogP contribution is 2.28. The topological polar surface area (TPSA) is 59.1 Å². The molecule has 1 fully saturated rings. The Bertz CT molecular complexity index is 895. The van der Waals surface area contributed by atoms with Crippen molar-refractivity contribution in [2.45, 2.75) is 19.3 Å². The number of nitrogens with zero attached hydrogens (tertiary/aromatic N) is 2. The summed E-state index contributed by atoms with van der Waals surface area (Å²) in [6.45, 7) is 2.31. The molecule has 30 heavy (non-hydrogen) atoms. The molecule has 1 aliphatic rings. The lowest BCUT2D eigenvalue weighted by molar-refractivity contribution is -0.139. The predicted molar refractivity (Wildman–Crippen MR) is 124 cm³/mol. The van der Waals surface area contributed by atoms with Crippen molar-refractivity contribution in [2.24, 2.45) is 0 Å². The van der Waals surface area contributed by atoms with Crippen molar-refractivity contribution < 1.29 is 19.1 Å². The van der Waals surface area contributed by atoms with Gasteiger partial charge in [0.2, 0.25) is 11.8 Å². The fourth-order valence-electron chi connectivity index (χ4n) is 3.58. The van der Waals surface area contributed by atoms with Crippen LogP contribution in [0.2, 0.25) is 0 Å². The predicted octanol–water partition coefficient (Wildman–Crippen LogP) is 3.15. The smallest absolute Gasteiger partial charge is 0.227 e. The molecule has 7 heteroatoms. The first-order valence-electron chi connectivity index (χ1n) is 10.0. The Balaban J connectivity index is 1.48. The first-order valence-corrected chi connectivity index (χ1v) is 11.1. The van der Waals surface area contributed by atoms with E-state index in [1.165, 1.54) is 9.13 Å². The van der Waals surface area contributed by atoms with E-state index in [9.17, 15) is 9.59 Å². The molecule has 6 nitrogen and oxygen atoms in total. The Morgan fingerprint density at radius 2 is 1.53 bits per heavy atom. The average Bonchev–Trinajstić information content (AvgIpc) is 2.78. The summed E-state index contributed by atoms with van der Waals surface area (Å²) in [5.74, 6) is 1.48. The summed E-state index contributed by atoms with van der Waals surface area (Å²) in [7, 11) is 3.17. The summed E-state index contributed by atoms with van der Waals surface area (Å²) in [5, 5.41) is 0. The number of piperazine rings is 1. The Kier molecular flexibility index (Phi) is 7.95. The summed E-state index contributed by atoms with van der Waals surface area (Å²) in [6.07, 6.45) is 1.55. The summed E-state index contributed by atoms with van der Waals surface area (Å²) in [6, 6.07) is 13.7. The molecule has 2 amide bonds. The van der Waals surface area contributed by atoms with Crippen LogP contribution in [-0.2, 0) is 22.4 Å². The zero-order valence-electron chi connectivity index (χ0n) is 17.4. The average molecular weight is 522 g/mol. The maximum absolute atomic E-state index is 12.7. The van der Waals surface area contributed by atoms with Crippen LogP contribution in [0.25, 0.3) is 0 Å². The van der Waals surface area contributed by atoms with Gasteiger partial charge in [0.25, 0.3) is 0 Å². The molecule has 1 aliphatic heterocycles. The van der Waals surface area contributed by atoms with Gasteiger partial charge < -0.3 is 19.3 Å². The number of halogens is 1. The lowest BCUT2D eigenvalue weighted by Crippen LogP contribution is -2.51.